The van der Waals surface area contributed by atoms with Crippen LogP contribution in [0.15, 0.2) is 48.1 Å². The van der Waals surface area contributed by atoms with E-state index in [2.05, 4.69) is 20.3 Å². The van der Waals surface area contributed by atoms with Gasteiger partial charge in [0, 0.05) is 24.3 Å². The second-order valence-corrected chi connectivity index (χ2v) is 5.02. The topological polar surface area (TPSA) is 76.7 Å². The van der Waals surface area contributed by atoms with Gasteiger partial charge in [-0.15, -0.1) is 11.3 Å². The van der Waals surface area contributed by atoms with Crippen LogP contribution in [0.1, 0.15) is 5.56 Å². The largest absolute Gasteiger partial charge is 0.326 e. The molecule has 100 valence electrons. The van der Waals surface area contributed by atoms with E-state index < -0.39 is 0 Å². The van der Waals surface area contributed by atoms with Gasteiger partial charge in [-0.1, -0.05) is 12.1 Å². The number of hydrogen-bond acceptors (Lipinski definition) is 6. The number of nitrogens with zero attached hydrogens (tertiary/aromatic N) is 3. The molecule has 0 saturated carbocycles. The first-order chi connectivity index (χ1) is 9.85. The van der Waals surface area contributed by atoms with Crippen LogP contribution in [0.5, 0.6) is 0 Å². The molecule has 0 aliphatic heterocycles. The Labute approximate surface area is 120 Å². The summed E-state index contributed by atoms with van der Waals surface area (Å²) < 4.78 is 0. The van der Waals surface area contributed by atoms with Crippen molar-refractivity contribution in [3.63, 3.8) is 0 Å². The zero-order valence-electron chi connectivity index (χ0n) is 10.7. The molecule has 0 atom stereocenters. The lowest BCUT2D eigenvalue weighted by atomic mass is 10.3. The summed E-state index contributed by atoms with van der Waals surface area (Å²) in [5, 5.41) is 6.01. The van der Waals surface area contributed by atoms with Crippen LogP contribution in [0.4, 0.5) is 11.6 Å². The maximum Gasteiger partial charge on any atom is 0.141 e. The highest BCUT2D eigenvalue weighted by atomic mass is 32.1. The molecule has 0 amide bonds. The summed E-state index contributed by atoms with van der Waals surface area (Å²) in [5.74, 6) is 1.48. The smallest absolute Gasteiger partial charge is 0.141 e. The quantitative estimate of drug-likeness (QED) is 0.770. The molecule has 3 aromatic rings. The minimum absolute atomic E-state index is 0.491. The monoisotopic (exact) mass is 283 g/mol. The van der Waals surface area contributed by atoms with E-state index in [1.54, 1.807) is 23.7 Å². The van der Waals surface area contributed by atoms with Crippen molar-refractivity contribution in [2.24, 2.45) is 5.73 Å². The Hall–Kier alpha value is -2.31. The van der Waals surface area contributed by atoms with Crippen molar-refractivity contribution in [2.75, 3.05) is 5.32 Å². The highest BCUT2D eigenvalue weighted by Crippen LogP contribution is 2.22. The minimum Gasteiger partial charge on any atom is -0.326 e. The number of nitrogens with one attached hydrogen (secondary N) is 1. The Bertz CT molecular complexity index is 679. The molecule has 20 heavy (non-hydrogen) atoms. The average Bonchev–Trinajstić information content (AvgIpc) is 3.03. The lowest BCUT2D eigenvalue weighted by Gasteiger charge is -2.06. The zero-order chi connectivity index (χ0) is 13.8. The summed E-state index contributed by atoms with van der Waals surface area (Å²) in [7, 11) is 0. The van der Waals surface area contributed by atoms with Gasteiger partial charge in [0.05, 0.1) is 0 Å². The predicted octanol–water partition coefficient (Wildman–Crippen LogP) is 2.80. The molecule has 0 unspecified atom stereocenters. The van der Waals surface area contributed by atoms with Crippen molar-refractivity contribution >= 4 is 23.0 Å². The highest BCUT2D eigenvalue weighted by Gasteiger charge is 2.04. The van der Waals surface area contributed by atoms with Gasteiger partial charge >= 0.3 is 0 Å². The summed E-state index contributed by atoms with van der Waals surface area (Å²) in [6.45, 7) is 0.491. The number of hydrogen-bond donors (Lipinski definition) is 2. The first-order valence-electron chi connectivity index (χ1n) is 6.14. The Morgan fingerprint density at radius 3 is 2.75 bits per heavy atom. The van der Waals surface area contributed by atoms with E-state index in [4.69, 9.17) is 5.73 Å². The van der Waals surface area contributed by atoms with Crippen molar-refractivity contribution in [2.45, 2.75) is 6.54 Å². The van der Waals surface area contributed by atoms with Crippen molar-refractivity contribution in [1.82, 2.24) is 15.0 Å². The van der Waals surface area contributed by atoms with Crippen LogP contribution in [0, 0.1) is 0 Å². The van der Waals surface area contributed by atoms with Crippen LogP contribution in [-0.4, -0.2) is 15.0 Å². The standard InChI is InChI=1S/C14H13N5S/c15-8-10-4-5-12(17-9-10)19-13-3-1-2-11(18-13)14-16-6-7-20-14/h1-7,9H,8,15H2,(H,17,18,19). The maximum atomic E-state index is 5.55. The summed E-state index contributed by atoms with van der Waals surface area (Å²) in [6.07, 6.45) is 3.53. The van der Waals surface area contributed by atoms with Gasteiger partial charge < -0.3 is 11.1 Å². The van der Waals surface area contributed by atoms with Gasteiger partial charge in [-0.05, 0) is 23.8 Å². The molecule has 0 aliphatic carbocycles. The van der Waals surface area contributed by atoms with Crippen molar-refractivity contribution in [3.8, 4) is 10.7 Å². The van der Waals surface area contributed by atoms with Crippen LogP contribution in [0.2, 0.25) is 0 Å². The molecule has 3 aromatic heterocycles. The van der Waals surface area contributed by atoms with Gasteiger partial charge in [-0.2, -0.15) is 0 Å². The molecule has 3 N–H and O–H groups in total. The minimum atomic E-state index is 0.491. The van der Waals surface area contributed by atoms with Crippen molar-refractivity contribution < 1.29 is 0 Å². The number of pyridine rings is 2. The number of nitrogens with two attached hydrogens (primary N) is 1. The van der Waals surface area contributed by atoms with Crippen LogP contribution in [0.3, 0.4) is 0 Å². The van der Waals surface area contributed by atoms with Gasteiger partial charge in [-0.25, -0.2) is 15.0 Å². The summed E-state index contributed by atoms with van der Waals surface area (Å²) in [4.78, 5) is 13.1. The molecule has 0 aromatic carbocycles. The molecule has 3 rings (SSSR count). The Morgan fingerprint density at radius 2 is 2.05 bits per heavy atom. The van der Waals surface area contributed by atoms with Crippen molar-refractivity contribution in [1.29, 1.82) is 0 Å². The number of rotatable bonds is 4. The van der Waals surface area contributed by atoms with Gasteiger partial charge in [0.2, 0.25) is 0 Å². The van der Waals surface area contributed by atoms with E-state index in [1.165, 1.54) is 0 Å². The van der Waals surface area contributed by atoms with Crippen LogP contribution in [0.25, 0.3) is 10.7 Å². The molecule has 0 fully saturated rings. The molecule has 0 aliphatic rings. The van der Waals surface area contributed by atoms with E-state index in [0.29, 0.717) is 6.54 Å². The summed E-state index contributed by atoms with van der Waals surface area (Å²) in [5.41, 5.74) is 7.40. The molecule has 6 heteroatoms. The van der Waals surface area contributed by atoms with E-state index in [0.717, 1.165) is 27.9 Å². The molecule has 3 heterocycles. The first-order valence-corrected chi connectivity index (χ1v) is 7.02. The molecule has 0 spiro atoms. The third-order valence-electron chi connectivity index (χ3n) is 2.72. The van der Waals surface area contributed by atoms with E-state index in [-0.39, 0.29) is 0 Å². The van der Waals surface area contributed by atoms with Gasteiger partial charge in [0.1, 0.15) is 22.3 Å². The van der Waals surface area contributed by atoms with Gasteiger partial charge in [-0.3, -0.25) is 0 Å². The highest BCUT2D eigenvalue weighted by molar-refractivity contribution is 7.13. The second-order valence-electron chi connectivity index (χ2n) is 4.13. The van der Waals surface area contributed by atoms with E-state index in [1.807, 2.05) is 35.7 Å². The van der Waals surface area contributed by atoms with Crippen LogP contribution < -0.4 is 11.1 Å². The maximum absolute atomic E-state index is 5.55. The van der Waals surface area contributed by atoms with Crippen molar-refractivity contribution in [3.05, 3.63) is 53.7 Å². The average molecular weight is 283 g/mol. The predicted molar refractivity (Wildman–Crippen MR) is 80.8 cm³/mol. The molecular formula is C14H13N5S. The van der Waals surface area contributed by atoms with Crippen LogP contribution >= 0.6 is 11.3 Å². The SMILES string of the molecule is NCc1ccc(Nc2cccc(-c3nccs3)n2)nc1. The van der Waals surface area contributed by atoms with Gasteiger partial charge in [0.25, 0.3) is 0 Å². The third-order valence-corrected chi connectivity index (χ3v) is 3.51. The fourth-order valence-electron chi connectivity index (χ4n) is 1.72. The number of anilines is 2. The Morgan fingerprint density at radius 1 is 1.10 bits per heavy atom. The molecule has 0 bridgehead atoms. The van der Waals surface area contributed by atoms with E-state index in [9.17, 15) is 0 Å². The van der Waals surface area contributed by atoms with E-state index >= 15 is 0 Å². The first kappa shape index (κ1) is 12.7. The molecular weight excluding hydrogens is 270 g/mol. The normalized spacial score (nSPS) is 10.4. The lowest BCUT2D eigenvalue weighted by molar-refractivity contribution is 1.05. The number of aromatic nitrogens is 3. The Balaban J connectivity index is 1.82. The van der Waals surface area contributed by atoms with Gasteiger partial charge in [0.15, 0.2) is 0 Å². The number of thiazole rings is 1. The third kappa shape index (κ3) is 2.81. The molecule has 5 nitrogen and oxygen atoms in total. The summed E-state index contributed by atoms with van der Waals surface area (Å²) >= 11 is 1.57. The Kier molecular flexibility index (Phi) is 3.67. The fourth-order valence-corrected chi connectivity index (χ4v) is 2.33. The fraction of sp³-hybridized carbons (Fsp3) is 0.0714. The second kappa shape index (κ2) is 5.77. The lowest BCUT2D eigenvalue weighted by Crippen LogP contribution is -2.00. The van der Waals surface area contributed by atoms with Crippen LogP contribution in [-0.2, 0) is 6.54 Å². The molecule has 0 radical (unpaired) electrons. The summed E-state index contributed by atoms with van der Waals surface area (Å²) in [6, 6.07) is 9.62. The molecule has 0 saturated heterocycles. The zero-order valence-corrected chi connectivity index (χ0v) is 11.5.